The highest BCUT2D eigenvalue weighted by Crippen LogP contribution is 2.21. The summed E-state index contributed by atoms with van der Waals surface area (Å²) in [4.78, 5) is 42.6. The molecule has 7 nitrogen and oxygen atoms in total. The average Bonchev–Trinajstić information content (AvgIpc) is 3.07. The summed E-state index contributed by atoms with van der Waals surface area (Å²) in [5.41, 5.74) is 0.370. The Bertz CT molecular complexity index is 931. The standard InChI is InChI=1S/C18H21ClN4O3S/c1-2-3-4-8-23-16(25)13-6-5-12(19)10-14(13)21-18(23)27-11-15(24)22-9-7-20-17(22)26/h5-6,10H,2-4,7-9,11H2,1H3,(H,20,26). The number of hydrogen-bond acceptors (Lipinski definition) is 5. The average molecular weight is 409 g/mol. The topological polar surface area (TPSA) is 84.3 Å². The van der Waals surface area contributed by atoms with Crippen LogP contribution in [0.3, 0.4) is 0 Å². The third-order valence-corrected chi connectivity index (χ3v) is 5.55. The summed E-state index contributed by atoms with van der Waals surface area (Å²) in [7, 11) is 0. The number of amides is 3. The van der Waals surface area contributed by atoms with Gasteiger partial charge in [0.2, 0.25) is 5.91 Å². The van der Waals surface area contributed by atoms with E-state index in [1.54, 1.807) is 22.8 Å². The van der Waals surface area contributed by atoms with Gasteiger partial charge in [-0.2, -0.15) is 0 Å². The zero-order valence-corrected chi connectivity index (χ0v) is 16.6. The van der Waals surface area contributed by atoms with Crippen molar-refractivity contribution in [3.63, 3.8) is 0 Å². The third-order valence-electron chi connectivity index (χ3n) is 4.35. The molecule has 1 aliphatic heterocycles. The molecule has 3 rings (SSSR count). The van der Waals surface area contributed by atoms with E-state index < -0.39 is 0 Å². The fourth-order valence-corrected chi connectivity index (χ4v) is 3.98. The molecule has 0 spiro atoms. The van der Waals surface area contributed by atoms with Gasteiger partial charge in [0.05, 0.1) is 16.7 Å². The quantitative estimate of drug-likeness (QED) is 0.432. The molecule has 27 heavy (non-hydrogen) atoms. The summed E-state index contributed by atoms with van der Waals surface area (Å²) in [6.45, 7) is 3.46. The molecule has 1 fully saturated rings. The van der Waals surface area contributed by atoms with Crippen LogP contribution in [0.25, 0.3) is 10.9 Å². The van der Waals surface area contributed by atoms with E-state index in [2.05, 4.69) is 17.2 Å². The van der Waals surface area contributed by atoms with Gasteiger partial charge >= 0.3 is 6.03 Å². The van der Waals surface area contributed by atoms with Crippen LogP contribution in [0.4, 0.5) is 4.79 Å². The van der Waals surface area contributed by atoms with Gasteiger partial charge in [-0.3, -0.25) is 19.1 Å². The molecule has 9 heteroatoms. The second-order valence-electron chi connectivity index (χ2n) is 6.29. The van der Waals surface area contributed by atoms with Crippen molar-refractivity contribution in [2.24, 2.45) is 0 Å². The number of urea groups is 1. The van der Waals surface area contributed by atoms with Crippen LogP contribution >= 0.6 is 23.4 Å². The van der Waals surface area contributed by atoms with Crippen molar-refractivity contribution in [2.75, 3.05) is 18.8 Å². The van der Waals surface area contributed by atoms with Crippen LogP contribution in [0, 0.1) is 0 Å². The Kier molecular flexibility index (Phi) is 6.38. The SMILES string of the molecule is CCCCCn1c(SCC(=O)N2CCNC2=O)nc2cc(Cl)ccc2c1=O. The second kappa shape index (κ2) is 8.75. The number of carbonyl (C=O) groups excluding carboxylic acids is 2. The Hall–Kier alpha value is -2.06. The first-order chi connectivity index (χ1) is 13.0. The second-order valence-corrected chi connectivity index (χ2v) is 7.66. The van der Waals surface area contributed by atoms with Gasteiger partial charge in [-0.25, -0.2) is 9.78 Å². The first kappa shape index (κ1) is 19.7. The number of halogens is 1. The molecule has 0 radical (unpaired) electrons. The maximum absolute atomic E-state index is 12.9. The Balaban J connectivity index is 1.88. The van der Waals surface area contributed by atoms with Crippen molar-refractivity contribution in [3.8, 4) is 0 Å². The van der Waals surface area contributed by atoms with Crippen molar-refractivity contribution < 1.29 is 9.59 Å². The van der Waals surface area contributed by atoms with E-state index >= 15 is 0 Å². The lowest BCUT2D eigenvalue weighted by molar-refractivity contribution is -0.124. The number of benzene rings is 1. The van der Waals surface area contributed by atoms with Gasteiger partial charge in [-0.1, -0.05) is 43.1 Å². The van der Waals surface area contributed by atoms with Gasteiger partial charge < -0.3 is 5.32 Å². The van der Waals surface area contributed by atoms with Crippen molar-refractivity contribution >= 4 is 46.2 Å². The lowest BCUT2D eigenvalue weighted by Crippen LogP contribution is -2.35. The van der Waals surface area contributed by atoms with E-state index in [-0.39, 0.29) is 23.3 Å². The largest absolute Gasteiger partial charge is 0.336 e. The van der Waals surface area contributed by atoms with Gasteiger partial charge in [-0.15, -0.1) is 0 Å². The smallest absolute Gasteiger partial charge is 0.324 e. The molecule has 0 aliphatic carbocycles. The van der Waals surface area contributed by atoms with Crippen LogP contribution in [0.1, 0.15) is 26.2 Å². The Morgan fingerprint density at radius 1 is 1.33 bits per heavy atom. The number of unbranched alkanes of at least 4 members (excludes halogenated alkanes) is 2. The normalized spacial score (nSPS) is 14.0. The lowest BCUT2D eigenvalue weighted by Gasteiger charge is -2.15. The number of rotatable bonds is 7. The van der Waals surface area contributed by atoms with Crippen molar-refractivity contribution in [1.82, 2.24) is 19.8 Å². The number of nitrogens with one attached hydrogen (secondary N) is 1. The van der Waals surface area contributed by atoms with Crippen molar-refractivity contribution in [1.29, 1.82) is 0 Å². The molecule has 0 bridgehead atoms. The van der Waals surface area contributed by atoms with Crippen molar-refractivity contribution in [3.05, 3.63) is 33.6 Å². The number of aromatic nitrogens is 2. The van der Waals surface area contributed by atoms with Crippen LogP contribution in [0.5, 0.6) is 0 Å². The van der Waals surface area contributed by atoms with Gasteiger partial charge in [0, 0.05) is 24.7 Å². The zero-order chi connectivity index (χ0) is 19.4. The first-order valence-corrected chi connectivity index (χ1v) is 10.3. The minimum atomic E-state index is -0.376. The number of nitrogens with zero attached hydrogens (tertiary/aromatic N) is 3. The summed E-state index contributed by atoms with van der Waals surface area (Å²) >= 11 is 7.21. The molecule has 0 unspecified atom stereocenters. The lowest BCUT2D eigenvalue weighted by atomic mass is 10.2. The maximum Gasteiger partial charge on any atom is 0.324 e. The molecule has 1 aromatic heterocycles. The zero-order valence-electron chi connectivity index (χ0n) is 15.0. The highest BCUT2D eigenvalue weighted by atomic mass is 35.5. The fourth-order valence-electron chi connectivity index (χ4n) is 2.91. The van der Waals surface area contributed by atoms with Gasteiger partial charge in [-0.05, 0) is 24.6 Å². The number of imide groups is 1. The minimum Gasteiger partial charge on any atom is -0.336 e. The Morgan fingerprint density at radius 3 is 2.85 bits per heavy atom. The van der Waals surface area contributed by atoms with E-state index in [9.17, 15) is 14.4 Å². The van der Waals surface area contributed by atoms with E-state index in [4.69, 9.17) is 11.6 Å². The first-order valence-electron chi connectivity index (χ1n) is 8.92. The van der Waals surface area contributed by atoms with Gasteiger partial charge in [0.15, 0.2) is 5.16 Å². The Labute approximate surface area is 166 Å². The number of fused-ring (bicyclic) bond motifs is 1. The molecule has 144 valence electrons. The highest BCUT2D eigenvalue weighted by Gasteiger charge is 2.26. The Morgan fingerprint density at radius 2 is 2.15 bits per heavy atom. The number of hydrogen-bond donors (Lipinski definition) is 1. The van der Waals surface area contributed by atoms with Crippen LogP contribution < -0.4 is 10.9 Å². The molecule has 1 aliphatic rings. The summed E-state index contributed by atoms with van der Waals surface area (Å²) in [5.74, 6) is -0.254. The minimum absolute atomic E-state index is 0.0414. The van der Waals surface area contributed by atoms with Crippen LogP contribution in [-0.2, 0) is 11.3 Å². The maximum atomic E-state index is 12.9. The highest BCUT2D eigenvalue weighted by molar-refractivity contribution is 7.99. The molecular formula is C18H21ClN4O3S. The number of thioether (sulfide) groups is 1. The predicted molar refractivity (Wildman–Crippen MR) is 106 cm³/mol. The summed E-state index contributed by atoms with van der Waals surface area (Å²) in [6, 6.07) is 4.62. The summed E-state index contributed by atoms with van der Waals surface area (Å²) in [5, 5.41) is 4.08. The predicted octanol–water partition coefficient (Wildman–Crippen LogP) is 2.88. The monoisotopic (exact) mass is 408 g/mol. The van der Waals surface area contributed by atoms with Crippen LogP contribution in [0.15, 0.2) is 28.2 Å². The fraction of sp³-hybridized carbons (Fsp3) is 0.444. The molecule has 0 atom stereocenters. The van der Waals surface area contributed by atoms with E-state index in [0.717, 1.165) is 19.3 Å². The molecule has 1 saturated heterocycles. The molecule has 1 aromatic carbocycles. The molecular weight excluding hydrogens is 388 g/mol. The van der Waals surface area contributed by atoms with Crippen molar-refractivity contribution in [2.45, 2.75) is 37.9 Å². The molecule has 2 heterocycles. The van der Waals surface area contributed by atoms with Gasteiger partial charge in [0.25, 0.3) is 5.56 Å². The van der Waals surface area contributed by atoms with Gasteiger partial charge in [0.1, 0.15) is 0 Å². The third kappa shape index (κ3) is 4.44. The number of carbonyl (C=O) groups is 2. The summed E-state index contributed by atoms with van der Waals surface area (Å²) < 4.78 is 1.62. The molecule has 3 amide bonds. The molecule has 2 aromatic rings. The van der Waals surface area contributed by atoms with Crippen LogP contribution in [0.2, 0.25) is 5.02 Å². The molecule has 1 N–H and O–H groups in total. The van der Waals surface area contributed by atoms with E-state index in [1.165, 1.54) is 16.7 Å². The van der Waals surface area contributed by atoms with Crippen LogP contribution in [-0.4, -0.2) is 45.2 Å². The summed E-state index contributed by atoms with van der Waals surface area (Å²) in [6.07, 6.45) is 2.89. The van der Waals surface area contributed by atoms with E-state index in [1.807, 2.05) is 0 Å². The van der Waals surface area contributed by atoms with E-state index in [0.29, 0.717) is 40.7 Å². The molecule has 0 saturated carbocycles.